The second-order valence-electron chi connectivity index (χ2n) is 6.35. The van der Waals surface area contributed by atoms with Gasteiger partial charge in [0.25, 0.3) is 0 Å². The Morgan fingerprint density at radius 2 is 1.96 bits per heavy atom. The van der Waals surface area contributed by atoms with E-state index in [1.54, 1.807) is 7.11 Å². The predicted molar refractivity (Wildman–Crippen MR) is 102 cm³/mol. The molecular weight excluding hydrogens is 334 g/mol. The Kier molecular flexibility index (Phi) is 6.42. The lowest BCUT2D eigenvalue weighted by molar-refractivity contribution is 0.205. The fourth-order valence-corrected chi connectivity index (χ4v) is 3.45. The van der Waals surface area contributed by atoms with Crippen LogP contribution in [0.4, 0.5) is 0 Å². The van der Waals surface area contributed by atoms with E-state index in [9.17, 15) is 0 Å². The van der Waals surface area contributed by atoms with Crippen molar-refractivity contribution in [2.75, 3.05) is 26.7 Å². The van der Waals surface area contributed by atoms with Crippen molar-refractivity contribution in [1.29, 1.82) is 0 Å². The number of likely N-dealkylation sites (tertiary alicyclic amines) is 1. The van der Waals surface area contributed by atoms with Crippen LogP contribution in [-0.4, -0.2) is 42.3 Å². The molecule has 0 N–H and O–H groups in total. The highest BCUT2D eigenvalue weighted by Crippen LogP contribution is 2.26. The largest absolute Gasteiger partial charge is 0.399 e. The maximum Gasteiger partial charge on any atom is 0.106 e. The highest BCUT2D eigenvalue weighted by Gasteiger charge is 2.21. The Morgan fingerprint density at radius 1 is 1.20 bits per heavy atom. The van der Waals surface area contributed by atoms with Gasteiger partial charge in [-0.3, -0.25) is 4.98 Å². The summed E-state index contributed by atoms with van der Waals surface area (Å²) < 4.78 is 0. The van der Waals surface area contributed by atoms with Crippen LogP contribution in [-0.2, 0) is 4.84 Å². The van der Waals surface area contributed by atoms with Crippen LogP contribution in [0.15, 0.2) is 53.8 Å². The number of halogens is 1. The smallest absolute Gasteiger partial charge is 0.106 e. The highest BCUT2D eigenvalue weighted by atomic mass is 35.5. The second-order valence-corrected chi connectivity index (χ2v) is 6.78. The minimum absolute atomic E-state index is 0.584. The van der Waals surface area contributed by atoms with Gasteiger partial charge >= 0.3 is 0 Å². The van der Waals surface area contributed by atoms with Gasteiger partial charge < -0.3 is 9.74 Å². The molecule has 0 spiro atoms. The number of hydrogen-bond donors (Lipinski definition) is 0. The van der Waals surface area contributed by atoms with Gasteiger partial charge in [-0.15, -0.1) is 0 Å². The van der Waals surface area contributed by atoms with Crippen molar-refractivity contribution < 1.29 is 4.84 Å². The summed E-state index contributed by atoms with van der Waals surface area (Å²) in [6.07, 6.45) is 5.08. The Labute approximate surface area is 154 Å². The van der Waals surface area contributed by atoms with Gasteiger partial charge in [0.15, 0.2) is 0 Å². The first-order valence-electron chi connectivity index (χ1n) is 8.75. The molecule has 2 heterocycles. The number of nitrogens with zero attached hydrogens (tertiary/aromatic N) is 3. The van der Waals surface area contributed by atoms with Crippen molar-refractivity contribution >= 4 is 17.3 Å². The number of oxime groups is 1. The fourth-order valence-electron chi connectivity index (χ4n) is 3.33. The van der Waals surface area contributed by atoms with Gasteiger partial charge in [0.05, 0.1) is 5.71 Å². The van der Waals surface area contributed by atoms with Crippen molar-refractivity contribution in [3.8, 4) is 0 Å². The van der Waals surface area contributed by atoms with E-state index in [0.717, 1.165) is 55.2 Å². The van der Waals surface area contributed by atoms with Gasteiger partial charge in [0.1, 0.15) is 7.11 Å². The molecule has 0 bridgehead atoms. The van der Waals surface area contributed by atoms with Crippen LogP contribution in [0.2, 0.25) is 5.02 Å². The van der Waals surface area contributed by atoms with Crippen LogP contribution in [0.1, 0.15) is 36.4 Å². The topological polar surface area (TPSA) is 37.7 Å². The molecule has 25 heavy (non-hydrogen) atoms. The molecule has 3 rings (SSSR count). The number of rotatable bonds is 6. The van der Waals surface area contributed by atoms with Crippen LogP contribution in [0.3, 0.4) is 0 Å². The number of aromatic nitrogens is 1. The predicted octanol–water partition coefficient (Wildman–Crippen LogP) is 4.36. The quantitative estimate of drug-likeness (QED) is 0.569. The molecule has 1 aromatic carbocycles. The maximum absolute atomic E-state index is 5.97. The first-order valence-corrected chi connectivity index (χ1v) is 9.13. The molecule has 1 saturated heterocycles. The summed E-state index contributed by atoms with van der Waals surface area (Å²) in [5.74, 6) is 0.584. The van der Waals surface area contributed by atoms with Crippen LogP contribution in [0, 0.1) is 0 Å². The monoisotopic (exact) mass is 357 g/mol. The number of hydrogen-bond acceptors (Lipinski definition) is 4. The summed E-state index contributed by atoms with van der Waals surface area (Å²) in [7, 11) is 1.59. The molecule has 0 radical (unpaired) electrons. The lowest BCUT2D eigenvalue weighted by Crippen LogP contribution is -2.34. The Balaban J connectivity index is 1.53. The number of piperidine rings is 1. The van der Waals surface area contributed by atoms with E-state index in [1.807, 2.05) is 36.5 Å². The molecule has 1 aromatic heterocycles. The van der Waals surface area contributed by atoms with E-state index in [0.29, 0.717) is 5.92 Å². The van der Waals surface area contributed by atoms with Crippen molar-refractivity contribution in [2.24, 2.45) is 5.16 Å². The van der Waals surface area contributed by atoms with Crippen molar-refractivity contribution in [2.45, 2.75) is 25.2 Å². The van der Waals surface area contributed by atoms with Crippen LogP contribution in [0.5, 0.6) is 0 Å². The molecular formula is C20H24ClN3O. The van der Waals surface area contributed by atoms with Gasteiger partial charge in [-0.05, 0) is 55.8 Å². The molecule has 0 saturated carbocycles. The first-order chi connectivity index (χ1) is 12.3. The van der Waals surface area contributed by atoms with Crippen LogP contribution in [0.25, 0.3) is 0 Å². The second kappa shape index (κ2) is 8.97. The third kappa shape index (κ3) is 5.03. The average Bonchev–Trinajstić information content (AvgIpc) is 2.67. The number of benzene rings is 1. The molecule has 1 aliphatic rings. The molecule has 1 aliphatic heterocycles. The zero-order chi connectivity index (χ0) is 17.5. The molecule has 1 fully saturated rings. The molecule has 5 heteroatoms. The van der Waals surface area contributed by atoms with Crippen molar-refractivity contribution in [3.63, 3.8) is 0 Å². The van der Waals surface area contributed by atoms with E-state index in [2.05, 4.69) is 27.2 Å². The number of pyridine rings is 1. The molecule has 2 aromatic rings. The minimum atomic E-state index is 0.584. The average molecular weight is 358 g/mol. The van der Waals surface area contributed by atoms with Gasteiger partial charge in [-0.2, -0.15) is 0 Å². The molecule has 0 atom stereocenters. The zero-order valence-electron chi connectivity index (χ0n) is 14.6. The van der Waals surface area contributed by atoms with E-state index >= 15 is 0 Å². The normalized spacial score (nSPS) is 16.8. The maximum atomic E-state index is 5.97. The molecule has 0 amide bonds. The highest BCUT2D eigenvalue weighted by molar-refractivity contribution is 6.30. The minimum Gasteiger partial charge on any atom is -0.399 e. The summed E-state index contributed by atoms with van der Waals surface area (Å²) in [4.78, 5) is 12.0. The summed E-state index contributed by atoms with van der Waals surface area (Å²) in [5.41, 5.74) is 3.26. The molecule has 132 valence electrons. The Morgan fingerprint density at radius 3 is 2.60 bits per heavy atom. The standard InChI is InChI=1S/C20H24ClN3O/c1-25-23-20(16-5-7-18(21)8-6-16)11-15-24-13-9-17(10-14-24)19-4-2-3-12-22-19/h2-8,12,17H,9-11,13-15H2,1H3. The third-order valence-corrected chi connectivity index (χ3v) is 4.99. The fraction of sp³-hybridized carbons (Fsp3) is 0.400. The SMILES string of the molecule is CON=C(CCN1CCC(c2ccccn2)CC1)c1ccc(Cl)cc1. The summed E-state index contributed by atoms with van der Waals surface area (Å²) in [5, 5.41) is 4.94. The van der Waals surface area contributed by atoms with E-state index in [-0.39, 0.29) is 0 Å². The summed E-state index contributed by atoms with van der Waals surface area (Å²) >= 11 is 5.97. The van der Waals surface area contributed by atoms with E-state index in [4.69, 9.17) is 16.4 Å². The van der Waals surface area contributed by atoms with Gasteiger partial charge in [-0.1, -0.05) is 35.0 Å². The van der Waals surface area contributed by atoms with E-state index < -0.39 is 0 Å². The van der Waals surface area contributed by atoms with Gasteiger partial charge in [0, 0.05) is 35.8 Å². The molecule has 0 unspecified atom stereocenters. The van der Waals surface area contributed by atoms with Gasteiger partial charge in [-0.25, -0.2) is 0 Å². The van der Waals surface area contributed by atoms with Crippen molar-refractivity contribution in [3.05, 3.63) is 64.9 Å². The van der Waals surface area contributed by atoms with Gasteiger partial charge in [0.2, 0.25) is 0 Å². The Bertz CT molecular complexity index is 680. The lowest BCUT2D eigenvalue weighted by atomic mass is 9.93. The van der Waals surface area contributed by atoms with Crippen LogP contribution < -0.4 is 0 Å². The van der Waals surface area contributed by atoms with Crippen LogP contribution >= 0.6 is 11.6 Å². The first kappa shape index (κ1) is 17.9. The Hall–Kier alpha value is -1.91. The summed E-state index contributed by atoms with van der Waals surface area (Å²) in [6, 6.07) is 14.0. The molecule has 0 aliphatic carbocycles. The third-order valence-electron chi connectivity index (χ3n) is 4.74. The van der Waals surface area contributed by atoms with E-state index in [1.165, 1.54) is 5.69 Å². The zero-order valence-corrected chi connectivity index (χ0v) is 15.3. The van der Waals surface area contributed by atoms with Crippen molar-refractivity contribution in [1.82, 2.24) is 9.88 Å². The summed E-state index contributed by atoms with van der Waals surface area (Å²) in [6.45, 7) is 3.18. The molecule has 4 nitrogen and oxygen atoms in total. The lowest BCUT2D eigenvalue weighted by Gasteiger charge is -2.31.